The number of amides is 3. The van der Waals surface area contributed by atoms with Gasteiger partial charge in [-0.05, 0) is 49.6 Å². The molecule has 0 spiro atoms. The second kappa shape index (κ2) is 8.68. The van der Waals surface area contributed by atoms with E-state index in [1.54, 1.807) is 0 Å². The maximum absolute atomic E-state index is 12.3. The van der Waals surface area contributed by atoms with Crippen LogP contribution >= 0.6 is 0 Å². The summed E-state index contributed by atoms with van der Waals surface area (Å²) in [5, 5.41) is 5.82. The highest BCUT2D eigenvalue weighted by atomic mass is 16.2. The van der Waals surface area contributed by atoms with Gasteiger partial charge in [-0.25, -0.2) is 4.79 Å². The molecule has 1 aliphatic heterocycles. The Hall–Kier alpha value is -2.86. The van der Waals surface area contributed by atoms with Gasteiger partial charge >= 0.3 is 6.03 Å². The van der Waals surface area contributed by atoms with Crippen molar-refractivity contribution < 1.29 is 9.59 Å². The summed E-state index contributed by atoms with van der Waals surface area (Å²) in [7, 11) is 0. The van der Waals surface area contributed by atoms with Crippen LogP contribution in [0.1, 0.15) is 36.9 Å². The number of hydrogen-bond donors (Lipinski definition) is 3. The van der Waals surface area contributed by atoms with Gasteiger partial charge < -0.3 is 16.4 Å². The molecule has 0 aliphatic carbocycles. The number of carbonyl (C=O) groups excluding carboxylic acids is 2. The number of nitrogens with two attached hydrogens (primary N) is 1. The summed E-state index contributed by atoms with van der Waals surface area (Å²) in [5.41, 5.74) is 8.30. The minimum atomic E-state index is -0.268. The van der Waals surface area contributed by atoms with E-state index < -0.39 is 0 Å². The molecule has 0 bridgehead atoms. The molecule has 3 amide bonds. The predicted octanol–water partition coefficient (Wildman–Crippen LogP) is 3.02. The Balaban J connectivity index is 1.58. The van der Waals surface area contributed by atoms with Gasteiger partial charge in [-0.3, -0.25) is 9.69 Å². The normalized spacial score (nSPS) is 18.0. The lowest BCUT2D eigenvalue weighted by molar-refractivity contribution is -0.122. The van der Waals surface area contributed by atoms with Crippen molar-refractivity contribution in [3.63, 3.8) is 0 Å². The molecular weight excluding hydrogens is 340 g/mol. The van der Waals surface area contributed by atoms with Crippen molar-refractivity contribution in [2.75, 3.05) is 11.9 Å². The lowest BCUT2D eigenvalue weighted by atomic mass is 10.1. The smallest absolute Gasteiger partial charge is 0.319 e. The molecule has 1 aliphatic rings. The molecule has 0 radical (unpaired) electrons. The Bertz CT molecular complexity index is 794. The first-order valence-electron chi connectivity index (χ1n) is 9.27. The maximum atomic E-state index is 12.3. The van der Waals surface area contributed by atoms with Gasteiger partial charge in [-0.15, -0.1) is 0 Å². The van der Waals surface area contributed by atoms with E-state index in [1.165, 1.54) is 0 Å². The third kappa shape index (κ3) is 5.08. The molecule has 142 valence electrons. The Morgan fingerprint density at radius 3 is 2.70 bits per heavy atom. The Kier molecular flexibility index (Phi) is 6.08. The van der Waals surface area contributed by atoms with Crippen molar-refractivity contribution in [1.29, 1.82) is 0 Å². The predicted molar refractivity (Wildman–Crippen MR) is 106 cm³/mol. The van der Waals surface area contributed by atoms with Gasteiger partial charge in [0, 0.05) is 12.2 Å². The van der Waals surface area contributed by atoms with Gasteiger partial charge in [0.15, 0.2) is 0 Å². The highest BCUT2D eigenvalue weighted by Crippen LogP contribution is 2.21. The third-order valence-electron chi connectivity index (χ3n) is 4.91. The van der Waals surface area contributed by atoms with Gasteiger partial charge in [0.2, 0.25) is 5.91 Å². The average Bonchev–Trinajstić information content (AvgIpc) is 3.11. The van der Waals surface area contributed by atoms with Crippen LogP contribution in [0, 0.1) is 0 Å². The molecule has 27 heavy (non-hydrogen) atoms. The van der Waals surface area contributed by atoms with Gasteiger partial charge in [-0.1, -0.05) is 42.5 Å². The van der Waals surface area contributed by atoms with E-state index in [9.17, 15) is 9.59 Å². The average molecular weight is 366 g/mol. The van der Waals surface area contributed by atoms with Crippen molar-refractivity contribution in [2.24, 2.45) is 5.73 Å². The highest BCUT2D eigenvalue weighted by Gasteiger charge is 2.28. The molecule has 0 aromatic heterocycles. The fraction of sp³-hybridized carbons (Fsp3) is 0.333. The Morgan fingerprint density at radius 1 is 1.19 bits per heavy atom. The number of carbonyl (C=O) groups is 2. The molecule has 2 unspecified atom stereocenters. The summed E-state index contributed by atoms with van der Waals surface area (Å²) in [5.74, 6) is -0.268. The van der Waals surface area contributed by atoms with Gasteiger partial charge in [-0.2, -0.15) is 0 Å². The summed E-state index contributed by atoms with van der Waals surface area (Å²) < 4.78 is 0. The zero-order chi connectivity index (χ0) is 19.2. The largest absolute Gasteiger partial charge is 0.368 e. The van der Waals surface area contributed by atoms with Crippen LogP contribution in [0.4, 0.5) is 10.5 Å². The molecule has 4 N–H and O–H groups in total. The Morgan fingerprint density at radius 2 is 1.96 bits per heavy atom. The summed E-state index contributed by atoms with van der Waals surface area (Å²) in [6.45, 7) is 3.45. The van der Waals surface area contributed by atoms with Crippen molar-refractivity contribution in [3.05, 3.63) is 65.7 Å². The zero-order valence-corrected chi connectivity index (χ0v) is 15.5. The molecular formula is C21H26N4O2. The summed E-state index contributed by atoms with van der Waals surface area (Å²) in [6.07, 6.45) is 1.79. The van der Waals surface area contributed by atoms with Crippen molar-refractivity contribution in [3.8, 4) is 0 Å². The molecule has 1 saturated heterocycles. The highest BCUT2D eigenvalue weighted by molar-refractivity contribution is 5.89. The first-order valence-corrected chi connectivity index (χ1v) is 9.27. The van der Waals surface area contributed by atoms with Gasteiger partial charge in [0.25, 0.3) is 0 Å². The molecule has 2 aromatic carbocycles. The van der Waals surface area contributed by atoms with Crippen LogP contribution in [0.15, 0.2) is 54.6 Å². The van der Waals surface area contributed by atoms with E-state index in [1.807, 2.05) is 61.5 Å². The van der Waals surface area contributed by atoms with Crippen LogP contribution in [0.5, 0.6) is 0 Å². The fourth-order valence-electron chi connectivity index (χ4n) is 3.51. The van der Waals surface area contributed by atoms with Crippen LogP contribution in [0.3, 0.4) is 0 Å². The van der Waals surface area contributed by atoms with Crippen LogP contribution in [0.25, 0.3) is 0 Å². The zero-order valence-electron chi connectivity index (χ0n) is 15.5. The quantitative estimate of drug-likeness (QED) is 0.734. The topological polar surface area (TPSA) is 87.5 Å². The second-order valence-corrected chi connectivity index (χ2v) is 6.96. The van der Waals surface area contributed by atoms with E-state index in [0.29, 0.717) is 6.54 Å². The molecule has 2 atom stereocenters. The fourth-order valence-corrected chi connectivity index (χ4v) is 3.51. The summed E-state index contributed by atoms with van der Waals surface area (Å²) in [6, 6.07) is 17.0. The lowest BCUT2D eigenvalue weighted by Gasteiger charge is -2.22. The molecule has 6 heteroatoms. The summed E-state index contributed by atoms with van der Waals surface area (Å²) in [4.78, 5) is 25.9. The Labute approximate surface area is 159 Å². The first kappa shape index (κ1) is 18.9. The van der Waals surface area contributed by atoms with E-state index in [-0.39, 0.29) is 24.0 Å². The van der Waals surface area contributed by atoms with Gasteiger partial charge in [0.05, 0.1) is 12.1 Å². The molecule has 2 aromatic rings. The maximum Gasteiger partial charge on any atom is 0.319 e. The number of rotatable bonds is 6. The number of urea groups is 1. The van der Waals surface area contributed by atoms with Crippen LogP contribution in [-0.2, 0) is 11.3 Å². The monoisotopic (exact) mass is 366 g/mol. The summed E-state index contributed by atoms with van der Waals surface area (Å²) >= 11 is 0. The van der Waals surface area contributed by atoms with E-state index in [0.717, 1.165) is 36.2 Å². The number of anilines is 1. The number of nitrogens with zero attached hydrogens (tertiary/aromatic N) is 1. The third-order valence-corrected chi connectivity index (χ3v) is 4.91. The molecule has 6 nitrogen and oxygen atoms in total. The number of nitrogens with one attached hydrogen (secondary N) is 2. The van der Waals surface area contributed by atoms with Crippen LogP contribution < -0.4 is 16.4 Å². The van der Waals surface area contributed by atoms with Crippen molar-refractivity contribution in [2.45, 2.75) is 38.4 Å². The van der Waals surface area contributed by atoms with Crippen molar-refractivity contribution >= 4 is 17.6 Å². The SMILES string of the molecule is CC(NC(=O)Nc1cccc(CN2CCCC2C(N)=O)c1)c1ccccc1. The first-order chi connectivity index (χ1) is 13.0. The minimum Gasteiger partial charge on any atom is -0.368 e. The second-order valence-electron chi connectivity index (χ2n) is 6.96. The number of benzene rings is 2. The number of hydrogen-bond acceptors (Lipinski definition) is 3. The van der Waals surface area contributed by atoms with E-state index in [4.69, 9.17) is 5.73 Å². The molecule has 0 saturated carbocycles. The van der Waals surface area contributed by atoms with Crippen LogP contribution in [-0.4, -0.2) is 29.4 Å². The van der Waals surface area contributed by atoms with Crippen molar-refractivity contribution in [1.82, 2.24) is 10.2 Å². The van der Waals surface area contributed by atoms with E-state index in [2.05, 4.69) is 15.5 Å². The van der Waals surface area contributed by atoms with Gasteiger partial charge in [0.1, 0.15) is 0 Å². The van der Waals surface area contributed by atoms with E-state index >= 15 is 0 Å². The lowest BCUT2D eigenvalue weighted by Crippen LogP contribution is -2.39. The molecule has 3 rings (SSSR count). The molecule has 1 heterocycles. The minimum absolute atomic E-state index is 0.0877. The number of primary amides is 1. The van der Waals surface area contributed by atoms with Crippen LogP contribution in [0.2, 0.25) is 0 Å². The number of likely N-dealkylation sites (tertiary alicyclic amines) is 1. The molecule has 1 fully saturated rings. The standard InChI is InChI=1S/C21H26N4O2/c1-15(17-8-3-2-4-9-17)23-21(27)24-18-10-5-7-16(13-18)14-25-12-6-11-19(25)20(22)26/h2-5,7-10,13,15,19H,6,11-12,14H2,1H3,(H2,22,26)(H2,23,24,27).